The first-order valence-electron chi connectivity index (χ1n) is 9.87. The predicted molar refractivity (Wildman–Crippen MR) is 119 cm³/mol. The molecule has 3 rings (SSSR count). The molecule has 9 heteroatoms. The van der Waals surface area contributed by atoms with E-state index in [1.807, 2.05) is 31.2 Å². The highest BCUT2D eigenvalue weighted by atomic mass is 35.5. The minimum Gasteiger partial charge on any atom is -0.444 e. The molecule has 0 aliphatic carbocycles. The third kappa shape index (κ3) is 5.33. The largest absolute Gasteiger partial charge is 0.444 e. The van der Waals surface area contributed by atoms with Crippen LogP contribution < -0.4 is 10.6 Å². The zero-order valence-electron chi connectivity index (χ0n) is 17.9. The van der Waals surface area contributed by atoms with E-state index in [4.69, 9.17) is 16.3 Å². The Morgan fingerprint density at radius 2 is 1.72 bits per heavy atom. The number of esters is 1. The van der Waals surface area contributed by atoms with Crippen LogP contribution in [-0.2, 0) is 16.1 Å². The SMILES string of the molecule is CNC(=O)NC(=O)C(OC(=O)c1c(C)nn(Cc2ccc(C)cc2)c1Cl)c1ccccc1. The summed E-state index contributed by atoms with van der Waals surface area (Å²) in [7, 11) is 1.37. The lowest BCUT2D eigenvalue weighted by atomic mass is 10.1. The second kappa shape index (κ2) is 10.1. The first-order valence-corrected chi connectivity index (χ1v) is 10.2. The molecule has 1 atom stereocenters. The van der Waals surface area contributed by atoms with Gasteiger partial charge in [-0.3, -0.25) is 10.1 Å². The van der Waals surface area contributed by atoms with E-state index in [1.54, 1.807) is 37.3 Å². The number of nitrogens with zero attached hydrogens (tertiary/aromatic N) is 2. The molecule has 8 nitrogen and oxygen atoms in total. The first-order chi connectivity index (χ1) is 15.3. The van der Waals surface area contributed by atoms with Crippen LogP contribution in [0.5, 0.6) is 0 Å². The molecular weight excluding hydrogens is 432 g/mol. The van der Waals surface area contributed by atoms with Gasteiger partial charge in [0.1, 0.15) is 10.7 Å². The fourth-order valence-corrected chi connectivity index (χ4v) is 3.37. The number of halogens is 1. The molecular formula is C23H23ClN4O4. The highest BCUT2D eigenvalue weighted by molar-refractivity contribution is 6.32. The van der Waals surface area contributed by atoms with E-state index in [0.29, 0.717) is 17.8 Å². The van der Waals surface area contributed by atoms with Crippen molar-refractivity contribution in [3.63, 3.8) is 0 Å². The number of hydrogen-bond donors (Lipinski definition) is 2. The van der Waals surface area contributed by atoms with Crippen LogP contribution >= 0.6 is 11.6 Å². The topological polar surface area (TPSA) is 102 Å². The Hall–Kier alpha value is -3.65. The summed E-state index contributed by atoms with van der Waals surface area (Å²) >= 11 is 6.46. The molecule has 0 saturated carbocycles. The van der Waals surface area contributed by atoms with Gasteiger partial charge in [0.2, 0.25) is 6.10 Å². The summed E-state index contributed by atoms with van der Waals surface area (Å²) in [6.45, 7) is 4.00. The van der Waals surface area contributed by atoms with Gasteiger partial charge in [-0.25, -0.2) is 14.3 Å². The maximum Gasteiger partial charge on any atom is 0.344 e. The van der Waals surface area contributed by atoms with Crippen molar-refractivity contribution in [3.05, 3.63) is 87.7 Å². The average molecular weight is 455 g/mol. The predicted octanol–water partition coefficient (Wildman–Crippen LogP) is 3.56. The zero-order chi connectivity index (χ0) is 23.3. The summed E-state index contributed by atoms with van der Waals surface area (Å²) in [6.07, 6.45) is -1.35. The number of benzene rings is 2. The van der Waals surface area contributed by atoms with Crippen molar-refractivity contribution in [2.45, 2.75) is 26.5 Å². The van der Waals surface area contributed by atoms with Crippen LogP contribution in [0, 0.1) is 13.8 Å². The molecule has 1 unspecified atom stereocenters. The van der Waals surface area contributed by atoms with Crippen LogP contribution in [0.1, 0.15) is 38.8 Å². The highest BCUT2D eigenvalue weighted by Gasteiger charge is 2.30. The van der Waals surface area contributed by atoms with Crippen LogP contribution in [0.4, 0.5) is 4.79 Å². The Morgan fingerprint density at radius 1 is 1.06 bits per heavy atom. The number of nitrogens with one attached hydrogen (secondary N) is 2. The molecule has 32 heavy (non-hydrogen) atoms. The van der Waals surface area contributed by atoms with E-state index < -0.39 is 24.0 Å². The van der Waals surface area contributed by atoms with Gasteiger partial charge in [-0.15, -0.1) is 0 Å². The maximum atomic E-state index is 13.0. The zero-order valence-corrected chi connectivity index (χ0v) is 18.6. The van der Waals surface area contributed by atoms with Gasteiger partial charge >= 0.3 is 12.0 Å². The first kappa shape index (κ1) is 23.0. The van der Waals surface area contributed by atoms with E-state index in [9.17, 15) is 14.4 Å². The van der Waals surface area contributed by atoms with Crippen LogP contribution in [0.2, 0.25) is 5.15 Å². The smallest absolute Gasteiger partial charge is 0.344 e. The monoisotopic (exact) mass is 454 g/mol. The molecule has 1 aromatic heterocycles. The van der Waals surface area contributed by atoms with Crippen LogP contribution in [0.25, 0.3) is 0 Å². The van der Waals surface area contributed by atoms with Crippen LogP contribution in [-0.4, -0.2) is 34.7 Å². The maximum absolute atomic E-state index is 13.0. The normalized spacial score (nSPS) is 11.5. The fraction of sp³-hybridized carbons (Fsp3) is 0.217. The van der Waals surface area contributed by atoms with Crippen molar-refractivity contribution in [1.82, 2.24) is 20.4 Å². The molecule has 0 bridgehead atoms. The molecule has 0 aliphatic rings. The number of carbonyl (C=O) groups excluding carboxylic acids is 3. The molecule has 166 valence electrons. The van der Waals surface area contributed by atoms with E-state index in [1.165, 1.54) is 11.7 Å². The third-order valence-electron chi connectivity index (χ3n) is 4.75. The molecule has 3 amide bonds. The van der Waals surface area contributed by atoms with Gasteiger partial charge in [0.15, 0.2) is 0 Å². The number of amides is 3. The van der Waals surface area contributed by atoms with Gasteiger partial charge in [0.25, 0.3) is 5.91 Å². The Bertz CT molecular complexity index is 1130. The number of rotatable bonds is 6. The summed E-state index contributed by atoms with van der Waals surface area (Å²) in [6, 6.07) is 15.5. The number of imide groups is 1. The number of urea groups is 1. The molecule has 2 N–H and O–H groups in total. The van der Waals surface area contributed by atoms with Gasteiger partial charge in [-0.2, -0.15) is 5.10 Å². The van der Waals surface area contributed by atoms with Crippen molar-refractivity contribution in [1.29, 1.82) is 0 Å². The molecule has 2 aromatic carbocycles. The number of hydrogen-bond acceptors (Lipinski definition) is 5. The van der Waals surface area contributed by atoms with Crippen molar-refractivity contribution in [2.75, 3.05) is 7.05 Å². The van der Waals surface area contributed by atoms with E-state index in [0.717, 1.165) is 11.1 Å². The Kier molecular flexibility index (Phi) is 7.27. The Balaban J connectivity index is 1.86. The molecule has 0 saturated heterocycles. The second-order valence-electron chi connectivity index (χ2n) is 7.16. The third-order valence-corrected chi connectivity index (χ3v) is 5.14. The highest BCUT2D eigenvalue weighted by Crippen LogP contribution is 2.26. The van der Waals surface area contributed by atoms with Gasteiger partial charge in [0.05, 0.1) is 12.2 Å². The van der Waals surface area contributed by atoms with Gasteiger partial charge in [-0.05, 0) is 19.4 Å². The van der Waals surface area contributed by atoms with Crippen LogP contribution in [0.3, 0.4) is 0 Å². The lowest BCUT2D eigenvalue weighted by Gasteiger charge is -2.17. The van der Waals surface area contributed by atoms with Gasteiger partial charge in [0, 0.05) is 12.6 Å². The summed E-state index contributed by atoms with van der Waals surface area (Å²) in [5.41, 5.74) is 2.93. The molecule has 3 aromatic rings. The van der Waals surface area contributed by atoms with E-state index in [2.05, 4.69) is 15.7 Å². The summed E-state index contributed by atoms with van der Waals surface area (Å²) in [5, 5.41) is 8.88. The summed E-state index contributed by atoms with van der Waals surface area (Å²) in [5.74, 6) is -1.60. The van der Waals surface area contributed by atoms with Crippen molar-refractivity contribution >= 4 is 29.5 Å². The van der Waals surface area contributed by atoms with Crippen molar-refractivity contribution in [3.8, 4) is 0 Å². The lowest BCUT2D eigenvalue weighted by Crippen LogP contribution is -2.41. The van der Waals surface area contributed by atoms with Gasteiger partial charge < -0.3 is 10.1 Å². The number of ether oxygens (including phenoxy) is 1. The van der Waals surface area contributed by atoms with Crippen LogP contribution in [0.15, 0.2) is 54.6 Å². The lowest BCUT2D eigenvalue weighted by molar-refractivity contribution is -0.129. The summed E-state index contributed by atoms with van der Waals surface area (Å²) in [4.78, 5) is 37.2. The Labute approximate surface area is 190 Å². The van der Waals surface area contributed by atoms with E-state index in [-0.39, 0.29) is 10.7 Å². The van der Waals surface area contributed by atoms with Gasteiger partial charge in [-0.1, -0.05) is 71.8 Å². The van der Waals surface area contributed by atoms with E-state index >= 15 is 0 Å². The van der Waals surface area contributed by atoms with Crippen molar-refractivity contribution < 1.29 is 19.1 Å². The number of aromatic nitrogens is 2. The summed E-state index contributed by atoms with van der Waals surface area (Å²) < 4.78 is 7.00. The molecule has 0 spiro atoms. The fourth-order valence-electron chi connectivity index (χ4n) is 3.06. The number of carbonyl (C=O) groups is 3. The molecule has 0 radical (unpaired) electrons. The minimum atomic E-state index is -1.35. The minimum absolute atomic E-state index is 0.0625. The Morgan fingerprint density at radius 3 is 2.34 bits per heavy atom. The standard InChI is InChI=1S/C23H23ClN4O4/c1-14-9-11-16(12-10-14)13-28-20(24)18(15(2)27-28)22(30)32-19(17-7-5-4-6-8-17)21(29)26-23(31)25-3/h4-12,19H,13H2,1-3H3,(H2,25,26,29,31). The molecule has 0 aliphatic heterocycles. The quantitative estimate of drug-likeness (QED) is 0.554. The van der Waals surface area contributed by atoms with Crippen molar-refractivity contribution in [2.24, 2.45) is 0 Å². The number of aryl methyl sites for hydroxylation is 2. The second-order valence-corrected chi connectivity index (χ2v) is 7.52. The molecule has 0 fully saturated rings. The molecule has 1 heterocycles. The average Bonchev–Trinajstić information content (AvgIpc) is 3.06.